The van der Waals surface area contributed by atoms with Gasteiger partial charge in [-0.2, -0.15) is 0 Å². The van der Waals surface area contributed by atoms with E-state index in [9.17, 15) is 0 Å². The highest BCUT2D eigenvalue weighted by atomic mass is 79.9. The van der Waals surface area contributed by atoms with Crippen molar-refractivity contribution in [1.29, 1.82) is 0 Å². The average Bonchev–Trinajstić information content (AvgIpc) is 2.95. The molecule has 17 heavy (non-hydrogen) atoms. The molecule has 2 aromatic heterocycles. The Balaban J connectivity index is 1.86. The van der Waals surface area contributed by atoms with E-state index in [4.69, 9.17) is 0 Å². The molecule has 2 aromatic rings. The quantitative estimate of drug-likeness (QED) is 0.877. The third-order valence-corrected chi connectivity index (χ3v) is 5.50. The Morgan fingerprint density at radius 3 is 2.82 bits per heavy atom. The van der Waals surface area contributed by atoms with E-state index in [2.05, 4.69) is 51.5 Å². The topological polar surface area (TPSA) is 24.9 Å². The van der Waals surface area contributed by atoms with E-state index < -0.39 is 0 Å². The van der Waals surface area contributed by atoms with Gasteiger partial charge < -0.3 is 5.32 Å². The molecule has 0 aliphatic heterocycles. The van der Waals surface area contributed by atoms with Crippen molar-refractivity contribution in [2.45, 2.75) is 25.8 Å². The first kappa shape index (κ1) is 13.2. The molecule has 0 bridgehead atoms. The second-order valence-corrected chi connectivity index (χ2v) is 6.85. The SMILES string of the molecule is CC(CNC(C)c1cc(Br)cs1)c1nccs1. The molecule has 0 saturated carbocycles. The Hall–Kier alpha value is -0.230. The number of nitrogens with one attached hydrogen (secondary N) is 1. The third kappa shape index (κ3) is 3.61. The summed E-state index contributed by atoms with van der Waals surface area (Å²) in [5, 5.41) is 8.92. The standard InChI is InChI=1S/C12H15BrN2S2/c1-8(12-14-3-4-16-12)6-15-9(2)11-5-10(13)7-17-11/h3-5,7-9,15H,6H2,1-2H3. The lowest BCUT2D eigenvalue weighted by Crippen LogP contribution is -2.22. The van der Waals surface area contributed by atoms with E-state index in [1.54, 1.807) is 22.7 Å². The summed E-state index contributed by atoms with van der Waals surface area (Å²) in [5.41, 5.74) is 0. The molecule has 2 rings (SSSR count). The monoisotopic (exact) mass is 330 g/mol. The second kappa shape index (κ2) is 6.09. The van der Waals surface area contributed by atoms with Gasteiger partial charge in [0.1, 0.15) is 0 Å². The van der Waals surface area contributed by atoms with Crippen molar-refractivity contribution in [3.63, 3.8) is 0 Å². The van der Waals surface area contributed by atoms with Gasteiger partial charge in [-0.05, 0) is 28.9 Å². The molecule has 0 spiro atoms. The van der Waals surface area contributed by atoms with Gasteiger partial charge in [-0.15, -0.1) is 22.7 Å². The van der Waals surface area contributed by atoms with E-state index in [0.717, 1.165) is 6.54 Å². The predicted molar refractivity (Wildman–Crippen MR) is 79.0 cm³/mol. The van der Waals surface area contributed by atoms with Crippen LogP contribution in [0.4, 0.5) is 0 Å². The second-order valence-electron chi connectivity index (χ2n) is 4.07. The molecule has 0 aliphatic rings. The van der Waals surface area contributed by atoms with Crippen molar-refractivity contribution in [3.8, 4) is 0 Å². The van der Waals surface area contributed by atoms with Crippen LogP contribution in [0, 0.1) is 0 Å². The normalized spacial score (nSPS) is 14.8. The van der Waals surface area contributed by atoms with Crippen molar-refractivity contribution in [3.05, 3.63) is 37.4 Å². The molecule has 2 heterocycles. The highest BCUT2D eigenvalue weighted by molar-refractivity contribution is 9.10. The zero-order valence-electron chi connectivity index (χ0n) is 9.81. The van der Waals surface area contributed by atoms with Crippen LogP contribution in [0.2, 0.25) is 0 Å². The summed E-state index contributed by atoms with van der Waals surface area (Å²) in [6.07, 6.45) is 1.87. The summed E-state index contributed by atoms with van der Waals surface area (Å²) in [4.78, 5) is 5.71. The summed E-state index contributed by atoms with van der Waals surface area (Å²) >= 11 is 7.00. The zero-order valence-corrected chi connectivity index (χ0v) is 13.0. The van der Waals surface area contributed by atoms with E-state index in [-0.39, 0.29) is 0 Å². The van der Waals surface area contributed by atoms with E-state index in [1.807, 2.05) is 11.6 Å². The maximum absolute atomic E-state index is 4.34. The summed E-state index contributed by atoms with van der Waals surface area (Å²) in [6.45, 7) is 5.37. The Morgan fingerprint density at radius 2 is 2.24 bits per heavy atom. The van der Waals surface area contributed by atoms with Crippen LogP contribution in [-0.4, -0.2) is 11.5 Å². The largest absolute Gasteiger partial charge is 0.309 e. The highest BCUT2D eigenvalue weighted by Gasteiger charge is 2.12. The number of hydrogen-bond acceptors (Lipinski definition) is 4. The minimum atomic E-state index is 0.397. The number of aromatic nitrogens is 1. The van der Waals surface area contributed by atoms with Crippen LogP contribution in [0.5, 0.6) is 0 Å². The van der Waals surface area contributed by atoms with Gasteiger partial charge in [0, 0.05) is 44.8 Å². The van der Waals surface area contributed by atoms with Crippen LogP contribution in [0.15, 0.2) is 27.5 Å². The number of thiazole rings is 1. The van der Waals surface area contributed by atoms with Gasteiger partial charge in [-0.25, -0.2) is 4.98 Å². The number of halogens is 1. The number of nitrogens with zero attached hydrogens (tertiary/aromatic N) is 1. The fourth-order valence-corrected chi connectivity index (χ4v) is 3.75. The van der Waals surface area contributed by atoms with E-state index in [1.165, 1.54) is 14.4 Å². The molecule has 0 fully saturated rings. The third-order valence-electron chi connectivity index (χ3n) is 2.62. The van der Waals surface area contributed by atoms with Crippen molar-refractivity contribution in [2.75, 3.05) is 6.54 Å². The Kier molecular flexibility index (Phi) is 4.73. The smallest absolute Gasteiger partial charge is 0.0965 e. The molecule has 2 nitrogen and oxygen atoms in total. The van der Waals surface area contributed by atoms with Gasteiger partial charge in [-0.1, -0.05) is 6.92 Å². The fourth-order valence-electron chi connectivity index (χ4n) is 1.57. The number of rotatable bonds is 5. The zero-order chi connectivity index (χ0) is 12.3. The van der Waals surface area contributed by atoms with Crippen molar-refractivity contribution >= 4 is 38.6 Å². The minimum absolute atomic E-state index is 0.397. The van der Waals surface area contributed by atoms with Gasteiger partial charge in [-0.3, -0.25) is 0 Å². The lowest BCUT2D eigenvalue weighted by molar-refractivity contribution is 0.542. The predicted octanol–water partition coefficient (Wildman–Crippen LogP) is 4.42. The molecule has 0 saturated heterocycles. The maximum Gasteiger partial charge on any atom is 0.0965 e. The van der Waals surface area contributed by atoms with Gasteiger partial charge in [0.15, 0.2) is 0 Å². The first-order valence-corrected chi connectivity index (χ1v) is 8.08. The lowest BCUT2D eigenvalue weighted by atomic mass is 10.2. The first-order valence-electron chi connectivity index (χ1n) is 5.53. The van der Waals surface area contributed by atoms with Gasteiger partial charge in [0.2, 0.25) is 0 Å². The molecule has 2 unspecified atom stereocenters. The van der Waals surface area contributed by atoms with Gasteiger partial charge in [0.25, 0.3) is 0 Å². The van der Waals surface area contributed by atoms with Crippen LogP contribution in [0.1, 0.15) is 35.7 Å². The summed E-state index contributed by atoms with van der Waals surface area (Å²) in [5.74, 6) is 0.473. The fraction of sp³-hybridized carbons (Fsp3) is 0.417. The van der Waals surface area contributed by atoms with Crippen molar-refractivity contribution < 1.29 is 0 Å². The van der Waals surface area contributed by atoms with Gasteiger partial charge >= 0.3 is 0 Å². The van der Waals surface area contributed by atoms with E-state index in [0.29, 0.717) is 12.0 Å². The van der Waals surface area contributed by atoms with Gasteiger partial charge in [0.05, 0.1) is 5.01 Å². The van der Waals surface area contributed by atoms with Crippen LogP contribution in [-0.2, 0) is 0 Å². The molecular formula is C12H15BrN2S2. The summed E-state index contributed by atoms with van der Waals surface area (Å²) in [6, 6.07) is 2.57. The van der Waals surface area contributed by atoms with E-state index >= 15 is 0 Å². The number of thiophene rings is 1. The molecule has 92 valence electrons. The molecule has 0 aliphatic carbocycles. The molecule has 5 heteroatoms. The van der Waals surface area contributed by atoms with Crippen molar-refractivity contribution in [1.82, 2.24) is 10.3 Å². The first-order chi connectivity index (χ1) is 8.16. The Bertz CT molecular complexity index is 453. The molecule has 0 radical (unpaired) electrons. The molecule has 0 aromatic carbocycles. The average molecular weight is 331 g/mol. The summed E-state index contributed by atoms with van der Waals surface area (Å²) in [7, 11) is 0. The Morgan fingerprint density at radius 1 is 1.41 bits per heavy atom. The minimum Gasteiger partial charge on any atom is -0.309 e. The molecule has 0 amide bonds. The lowest BCUT2D eigenvalue weighted by Gasteiger charge is -2.15. The molecular weight excluding hydrogens is 316 g/mol. The van der Waals surface area contributed by atoms with Crippen LogP contribution >= 0.6 is 38.6 Å². The highest BCUT2D eigenvalue weighted by Crippen LogP contribution is 2.26. The molecule has 2 atom stereocenters. The van der Waals surface area contributed by atoms with Crippen LogP contribution in [0.25, 0.3) is 0 Å². The Labute approximate surface area is 118 Å². The van der Waals surface area contributed by atoms with Crippen LogP contribution < -0.4 is 5.32 Å². The number of hydrogen-bond donors (Lipinski definition) is 1. The summed E-state index contributed by atoms with van der Waals surface area (Å²) < 4.78 is 1.17. The molecule has 1 N–H and O–H groups in total. The van der Waals surface area contributed by atoms with Crippen LogP contribution in [0.3, 0.4) is 0 Å². The maximum atomic E-state index is 4.34. The van der Waals surface area contributed by atoms with Crippen molar-refractivity contribution in [2.24, 2.45) is 0 Å².